The van der Waals surface area contributed by atoms with Crippen LogP contribution >= 0.6 is 11.6 Å². The molecule has 2 aromatic rings. The molecule has 0 saturated carbocycles. The van der Waals surface area contributed by atoms with Gasteiger partial charge in [-0.05, 0) is 26.0 Å². The van der Waals surface area contributed by atoms with Crippen LogP contribution in [0.1, 0.15) is 19.9 Å². The molecule has 5 heteroatoms. The number of nitrogens with zero attached hydrogens (tertiary/aromatic N) is 1. The number of rotatable bonds is 1. The average molecular weight is 239 g/mol. The highest BCUT2D eigenvalue weighted by Crippen LogP contribution is 2.17. The fraction of sp³-hybridized carbons (Fsp3) is 0.273. The molecule has 0 aliphatic heterocycles. The van der Waals surface area contributed by atoms with Crippen LogP contribution in [0, 0.1) is 0 Å². The maximum atomic E-state index is 12.1. The molecule has 1 heterocycles. The molecule has 0 amide bonds. The standard InChI is InChI=1S/C11H11ClN2O2/c1-6(2)14-10(15)9-7(12)4-3-5-8(9)13-11(14)16/h3-6H,1-2H3,(H,13,16). The summed E-state index contributed by atoms with van der Waals surface area (Å²) in [7, 11) is 0. The third-order valence-corrected chi connectivity index (χ3v) is 2.74. The Kier molecular flexibility index (Phi) is 2.59. The molecule has 2 rings (SSSR count). The fourth-order valence-electron chi connectivity index (χ4n) is 1.70. The van der Waals surface area contributed by atoms with Gasteiger partial charge in [-0.2, -0.15) is 0 Å². The maximum Gasteiger partial charge on any atom is 0.329 e. The summed E-state index contributed by atoms with van der Waals surface area (Å²) >= 11 is 5.96. The number of halogens is 1. The number of nitrogens with one attached hydrogen (secondary N) is 1. The van der Waals surface area contributed by atoms with Crippen molar-refractivity contribution < 1.29 is 0 Å². The summed E-state index contributed by atoms with van der Waals surface area (Å²) in [5, 5.41) is 0.714. The van der Waals surface area contributed by atoms with E-state index in [1.54, 1.807) is 32.0 Å². The molecule has 0 spiro atoms. The quantitative estimate of drug-likeness (QED) is 0.825. The van der Waals surface area contributed by atoms with E-state index in [0.29, 0.717) is 15.9 Å². The summed E-state index contributed by atoms with van der Waals surface area (Å²) in [6, 6.07) is 4.79. The van der Waals surface area contributed by atoms with Gasteiger partial charge < -0.3 is 4.98 Å². The lowest BCUT2D eigenvalue weighted by atomic mass is 10.2. The number of hydrogen-bond donors (Lipinski definition) is 1. The van der Waals surface area contributed by atoms with Gasteiger partial charge in [0.2, 0.25) is 0 Å². The molecule has 0 atom stereocenters. The van der Waals surface area contributed by atoms with E-state index in [0.717, 1.165) is 4.57 Å². The van der Waals surface area contributed by atoms with E-state index < -0.39 is 5.69 Å². The van der Waals surface area contributed by atoms with Gasteiger partial charge in [0.15, 0.2) is 0 Å². The molecule has 1 aromatic carbocycles. The smallest absolute Gasteiger partial charge is 0.307 e. The highest BCUT2D eigenvalue weighted by Gasteiger charge is 2.11. The second kappa shape index (κ2) is 3.79. The van der Waals surface area contributed by atoms with Crippen LogP contribution in [0.25, 0.3) is 10.9 Å². The second-order valence-corrected chi connectivity index (χ2v) is 4.27. The molecular weight excluding hydrogens is 228 g/mol. The first-order chi connectivity index (χ1) is 7.52. The molecule has 16 heavy (non-hydrogen) atoms. The molecule has 0 fully saturated rings. The van der Waals surface area contributed by atoms with Gasteiger partial charge in [-0.25, -0.2) is 4.79 Å². The van der Waals surface area contributed by atoms with Gasteiger partial charge >= 0.3 is 5.69 Å². The molecule has 1 aromatic heterocycles. The van der Waals surface area contributed by atoms with Crippen molar-refractivity contribution in [3.63, 3.8) is 0 Å². The summed E-state index contributed by atoms with van der Waals surface area (Å²) in [5.74, 6) is 0. The zero-order chi connectivity index (χ0) is 11.9. The van der Waals surface area contributed by atoms with Crippen molar-refractivity contribution in [1.29, 1.82) is 0 Å². The van der Waals surface area contributed by atoms with Crippen molar-refractivity contribution in [2.45, 2.75) is 19.9 Å². The van der Waals surface area contributed by atoms with Crippen LogP contribution in [-0.2, 0) is 0 Å². The Hall–Kier alpha value is -1.55. The number of fused-ring (bicyclic) bond motifs is 1. The molecule has 0 radical (unpaired) electrons. The van der Waals surface area contributed by atoms with Crippen LogP contribution in [0.5, 0.6) is 0 Å². The maximum absolute atomic E-state index is 12.1. The van der Waals surface area contributed by atoms with Gasteiger partial charge in [-0.1, -0.05) is 17.7 Å². The van der Waals surface area contributed by atoms with E-state index in [1.165, 1.54) is 0 Å². The number of aromatic amines is 1. The van der Waals surface area contributed by atoms with E-state index in [1.807, 2.05) is 0 Å². The van der Waals surface area contributed by atoms with Crippen molar-refractivity contribution >= 4 is 22.5 Å². The fourth-order valence-corrected chi connectivity index (χ4v) is 1.96. The van der Waals surface area contributed by atoms with E-state index in [-0.39, 0.29) is 11.6 Å². The minimum absolute atomic E-state index is 0.197. The predicted molar refractivity (Wildman–Crippen MR) is 64.2 cm³/mol. The Morgan fingerprint density at radius 2 is 2.00 bits per heavy atom. The lowest BCUT2D eigenvalue weighted by Crippen LogP contribution is -2.36. The third kappa shape index (κ3) is 1.55. The second-order valence-electron chi connectivity index (χ2n) is 3.86. The van der Waals surface area contributed by atoms with Gasteiger partial charge in [0, 0.05) is 6.04 Å². The number of aromatic nitrogens is 2. The average Bonchev–Trinajstić information content (AvgIpc) is 2.15. The Morgan fingerprint density at radius 1 is 1.31 bits per heavy atom. The topological polar surface area (TPSA) is 54.9 Å². The van der Waals surface area contributed by atoms with Crippen LogP contribution in [0.4, 0.5) is 0 Å². The molecule has 0 aliphatic carbocycles. The van der Waals surface area contributed by atoms with Crippen molar-refractivity contribution in [2.24, 2.45) is 0 Å². The molecule has 4 nitrogen and oxygen atoms in total. The summed E-state index contributed by atoms with van der Waals surface area (Å²) in [6.45, 7) is 3.55. The minimum atomic E-state index is -0.408. The third-order valence-electron chi connectivity index (χ3n) is 2.42. The van der Waals surface area contributed by atoms with Crippen LogP contribution in [0.3, 0.4) is 0 Å². The normalized spacial score (nSPS) is 11.2. The van der Waals surface area contributed by atoms with Crippen LogP contribution in [-0.4, -0.2) is 9.55 Å². The van der Waals surface area contributed by atoms with Crippen LogP contribution in [0.15, 0.2) is 27.8 Å². The first kappa shape index (κ1) is 11.0. The van der Waals surface area contributed by atoms with E-state index in [4.69, 9.17) is 11.6 Å². The Balaban J connectivity index is 3.04. The van der Waals surface area contributed by atoms with Crippen molar-refractivity contribution in [1.82, 2.24) is 9.55 Å². The van der Waals surface area contributed by atoms with Gasteiger partial charge in [0.25, 0.3) is 5.56 Å². The first-order valence-corrected chi connectivity index (χ1v) is 5.33. The summed E-state index contributed by atoms with van der Waals surface area (Å²) in [5.41, 5.74) is -0.284. The van der Waals surface area contributed by atoms with E-state index >= 15 is 0 Å². The number of H-pyrrole nitrogens is 1. The summed E-state index contributed by atoms with van der Waals surface area (Å²) < 4.78 is 1.16. The monoisotopic (exact) mass is 238 g/mol. The molecule has 84 valence electrons. The van der Waals surface area contributed by atoms with Crippen LogP contribution in [0.2, 0.25) is 5.02 Å². The van der Waals surface area contributed by atoms with Crippen molar-refractivity contribution in [3.05, 3.63) is 44.1 Å². The first-order valence-electron chi connectivity index (χ1n) is 4.95. The predicted octanol–water partition coefficient (Wildman–Crippen LogP) is 1.92. The van der Waals surface area contributed by atoms with Gasteiger partial charge in [-0.15, -0.1) is 0 Å². The van der Waals surface area contributed by atoms with Gasteiger partial charge in [0.1, 0.15) is 0 Å². The van der Waals surface area contributed by atoms with Crippen molar-refractivity contribution in [3.8, 4) is 0 Å². The Morgan fingerprint density at radius 3 is 2.62 bits per heavy atom. The largest absolute Gasteiger partial charge is 0.329 e. The molecule has 0 saturated heterocycles. The number of hydrogen-bond acceptors (Lipinski definition) is 2. The lowest BCUT2D eigenvalue weighted by molar-refractivity contribution is 0.552. The Labute approximate surface area is 96.5 Å². The van der Waals surface area contributed by atoms with E-state index in [2.05, 4.69) is 4.98 Å². The molecular formula is C11H11ClN2O2. The molecule has 0 unspecified atom stereocenters. The lowest BCUT2D eigenvalue weighted by Gasteiger charge is -2.09. The summed E-state index contributed by atoms with van der Waals surface area (Å²) in [4.78, 5) is 26.4. The number of benzene rings is 1. The molecule has 1 N–H and O–H groups in total. The van der Waals surface area contributed by atoms with Gasteiger partial charge in [-0.3, -0.25) is 9.36 Å². The zero-order valence-electron chi connectivity index (χ0n) is 8.95. The van der Waals surface area contributed by atoms with E-state index in [9.17, 15) is 9.59 Å². The zero-order valence-corrected chi connectivity index (χ0v) is 9.71. The van der Waals surface area contributed by atoms with Crippen LogP contribution < -0.4 is 11.2 Å². The van der Waals surface area contributed by atoms with Crippen molar-refractivity contribution in [2.75, 3.05) is 0 Å². The molecule has 0 bridgehead atoms. The highest BCUT2D eigenvalue weighted by atomic mass is 35.5. The highest BCUT2D eigenvalue weighted by molar-refractivity contribution is 6.35. The Bertz CT molecular complexity index is 655. The molecule has 0 aliphatic rings. The minimum Gasteiger partial charge on any atom is -0.307 e. The van der Waals surface area contributed by atoms with Gasteiger partial charge in [0.05, 0.1) is 15.9 Å². The SMILES string of the molecule is CC(C)n1c(=O)[nH]c2cccc(Cl)c2c1=O. The summed E-state index contributed by atoms with van der Waals surface area (Å²) in [6.07, 6.45) is 0.